The molecule has 27 heavy (non-hydrogen) atoms. The lowest BCUT2D eigenvalue weighted by atomic mass is 9.81. The molecule has 7 nitrogen and oxygen atoms in total. The van der Waals surface area contributed by atoms with Crippen LogP contribution in [0.25, 0.3) is 0 Å². The summed E-state index contributed by atoms with van der Waals surface area (Å²) in [5.41, 5.74) is 0. The van der Waals surface area contributed by atoms with Crippen LogP contribution < -0.4 is 0 Å². The van der Waals surface area contributed by atoms with E-state index >= 15 is 0 Å². The maximum Gasteiger partial charge on any atom is 0.243 e. The second kappa shape index (κ2) is 7.33. The van der Waals surface area contributed by atoms with Crippen molar-refractivity contribution in [1.29, 1.82) is 0 Å². The number of piperazine rings is 1. The first-order valence-electron chi connectivity index (χ1n) is 9.61. The van der Waals surface area contributed by atoms with Gasteiger partial charge < -0.3 is 0 Å². The van der Waals surface area contributed by atoms with Gasteiger partial charge in [0.2, 0.25) is 21.8 Å². The number of likely N-dealkylation sites (tertiary alicyclic amines) is 1. The molecule has 1 aromatic rings. The molecule has 0 N–H and O–H groups in total. The molecule has 0 bridgehead atoms. The molecule has 146 valence electrons. The van der Waals surface area contributed by atoms with E-state index in [9.17, 15) is 18.0 Å². The van der Waals surface area contributed by atoms with E-state index in [0.717, 1.165) is 25.7 Å². The van der Waals surface area contributed by atoms with Gasteiger partial charge in [0.1, 0.15) is 0 Å². The number of imide groups is 1. The summed E-state index contributed by atoms with van der Waals surface area (Å²) in [6, 6.07) is 8.43. The molecule has 2 atom stereocenters. The third-order valence-corrected chi connectivity index (χ3v) is 7.90. The van der Waals surface area contributed by atoms with Crippen LogP contribution in [0.2, 0.25) is 0 Å². The van der Waals surface area contributed by atoms with Crippen molar-refractivity contribution in [3.63, 3.8) is 0 Å². The first kappa shape index (κ1) is 18.6. The van der Waals surface area contributed by atoms with Gasteiger partial charge in [-0.2, -0.15) is 4.31 Å². The highest BCUT2D eigenvalue weighted by Crippen LogP contribution is 2.38. The highest BCUT2D eigenvalue weighted by Gasteiger charge is 2.48. The van der Waals surface area contributed by atoms with Gasteiger partial charge in [-0.25, -0.2) is 8.42 Å². The van der Waals surface area contributed by atoms with Crippen LogP contribution in [-0.4, -0.2) is 67.2 Å². The number of carbonyl (C=O) groups is 2. The van der Waals surface area contributed by atoms with Gasteiger partial charge in [-0.15, -0.1) is 0 Å². The highest BCUT2D eigenvalue weighted by molar-refractivity contribution is 7.89. The first-order valence-corrected chi connectivity index (χ1v) is 11.1. The Balaban J connectivity index is 1.37. The minimum atomic E-state index is -3.49. The van der Waals surface area contributed by atoms with E-state index in [4.69, 9.17) is 0 Å². The number of fused-ring (bicyclic) bond motifs is 1. The number of hydrogen-bond acceptors (Lipinski definition) is 5. The van der Waals surface area contributed by atoms with E-state index in [1.807, 2.05) is 4.90 Å². The predicted molar refractivity (Wildman–Crippen MR) is 98.9 cm³/mol. The van der Waals surface area contributed by atoms with Crippen molar-refractivity contribution >= 4 is 21.8 Å². The summed E-state index contributed by atoms with van der Waals surface area (Å²) in [7, 11) is -3.49. The number of hydrogen-bond donors (Lipinski definition) is 0. The molecule has 0 unspecified atom stereocenters. The Bertz CT molecular complexity index is 795. The Labute approximate surface area is 160 Å². The van der Waals surface area contributed by atoms with Crippen LogP contribution in [0.4, 0.5) is 0 Å². The quantitative estimate of drug-likeness (QED) is 0.719. The molecule has 1 aromatic carbocycles. The van der Waals surface area contributed by atoms with E-state index in [1.54, 1.807) is 30.3 Å². The summed E-state index contributed by atoms with van der Waals surface area (Å²) in [4.78, 5) is 28.9. The van der Waals surface area contributed by atoms with Crippen LogP contribution in [0.5, 0.6) is 0 Å². The molecular weight excluding hydrogens is 366 g/mol. The Morgan fingerprint density at radius 2 is 1.41 bits per heavy atom. The normalized spacial score (nSPS) is 27.8. The third kappa shape index (κ3) is 3.41. The molecular formula is C19H25N3O4S. The van der Waals surface area contributed by atoms with E-state index in [0.29, 0.717) is 31.1 Å². The van der Waals surface area contributed by atoms with E-state index in [-0.39, 0.29) is 30.3 Å². The highest BCUT2D eigenvalue weighted by atomic mass is 32.2. The van der Waals surface area contributed by atoms with Gasteiger partial charge in [0, 0.05) is 26.2 Å². The lowest BCUT2D eigenvalue weighted by Crippen LogP contribution is -2.52. The fourth-order valence-electron chi connectivity index (χ4n) is 4.42. The van der Waals surface area contributed by atoms with Crippen molar-refractivity contribution in [3.05, 3.63) is 30.3 Å². The van der Waals surface area contributed by atoms with Crippen molar-refractivity contribution < 1.29 is 18.0 Å². The second-order valence-electron chi connectivity index (χ2n) is 7.58. The molecule has 0 spiro atoms. The van der Waals surface area contributed by atoms with Crippen LogP contribution in [0.15, 0.2) is 35.2 Å². The lowest BCUT2D eigenvalue weighted by Gasteiger charge is -2.35. The predicted octanol–water partition coefficient (Wildman–Crippen LogP) is 1.13. The largest absolute Gasteiger partial charge is 0.283 e. The van der Waals surface area contributed by atoms with Gasteiger partial charge in [0.25, 0.3) is 0 Å². The van der Waals surface area contributed by atoms with Gasteiger partial charge in [0.15, 0.2) is 0 Å². The van der Waals surface area contributed by atoms with Gasteiger partial charge in [-0.05, 0) is 25.0 Å². The van der Waals surface area contributed by atoms with Crippen LogP contribution >= 0.6 is 0 Å². The van der Waals surface area contributed by atoms with Crippen LogP contribution in [0.1, 0.15) is 25.7 Å². The Kier molecular flexibility index (Phi) is 5.05. The van der Waals surface area contributed by atoms with E-state index < -0.39 is 10.0 Å². The molecule has 2 amide bonds. The molecule has 1 aliphatic carbocycles. The van der Waals surface area contributed by atoms with Crippen molar-refractivity contribution in [2.45, 2.75) is 30.6 Å². The SMILES string of the molecule is O=C1[C@H]2CCCC[C@H]2C(=O)N1CN1CCN(S(=O)(=O)c2ccccc2)CC1. The molecule has 3 aliphatic rings. The zero-order chi connectivity index (χ0) is 19.0. The molecule has 0 radical (unpaired) electrons. The number of amides is 2. The van der Waals surface area contributed by atoms with Crippen LogP contribution in [0.3, 0.4) is 0 Å². The maximum atomic E-state index is 12.7. The summed E-state index contributed by atoms with van der Waals surface area (Å²) < 4.78 is 26.9. The van der Waals surface area contributed by atoms with Crippen molar-refractivity contribution in [3.8, 4) is 0 Å². The standard InChI is InChI=1S/C19H25N3O4S/c23-18-16-8-4-5-9-17(16)19(24)22(18)14-20-10-12-21(13-11-20)27(25,26)15-6-2-1-3-7-15/h1-3,6-7,16-17H,4-5,8-14H2/t16-,17+. The topological polar surface area (TPSA) is 78.0 Å². The summed E-state index contributed by atoms with van der Waals surface area (Å²) in [6.45, 7) is 2.03. The molecule has 1 saturated carbocycles. The summed E-state index contributed by atoms with van der Waals surface area (Å²) in [5, 5.41) is 0. The third-order valence-electron chi connectivity index (χ3n) is 5.99. The fraction of sp³-hybridized carbons (Fsp3) is 0.579. The van der Waals surface area contributed by atoms with Crippen molar-refractivity contribution in [1.82, 2.24) is 14.1 Å². The Morgan fingerprint density at radius 3 is 1.96 bits per heavy atom. The van der Waals surface area contributed by atoms with Crippen molar-refractivity contribution in [2.24, 2.45) is 11.8 Å². The second-order valence-corrected chi connectivity index (χ2v) is 9.52. The molecule has 3 fully saturated rings. The molecule has 2 saturated heterocycles. The zero-order valence-electron chi connectivity index (χ0n) is 15.3. The minimum absolute atomic E-state index is 0.0379. The zero-order valence-corrected chi connectivity index (χ0v) is 16.1. The minimum Gasteiger partial charge on any atom is -0.283 e. The number of rotatable bonds is 4. The number of sulfonamides is 1. The van der Waals surface area contributed by atoms with Gasteiger partial charge in [0.05, 0.1) is 23.4 Å². The molecule has 0 aromatic heterocycles. The monoisotopic (exact) mass is 391 g/mol. The number of benzene rings is 1. The van der Waals surface area contributed by atoms with Gasteiger partial charge in [-0.1, -0.05) is 31.0 Å². The summed E-state index contributed by atoms with van der Waals surface area (Å²) >= 11 is 0. The van der Waals surface area contributed by atoms with Crippen molar-refractivity contribution in [2.75, 3.05) is 32.8 Å². The van der Waals surface area contributed by atoms with Gasteiger partial charge in [-0.3, -0.25) is 19.4 Å². The Hall–Kier alpha value is -1.77. The molecule has 2 heterocycles. The smallest absolute Gasteiger partial charge is 0.243 e. The van der Waals surface area contributed by atoms with E-state index in [2.05, 4.69) is 0 Å². The molecule has 4 rings (SSSR count). The molecule has 2 aliphatic heterocycles. The van der Waals surface area contributed by atoms with Gasteiger partial charge >= 0.3 is 0 Å². The fourth-order valence-corrected chi connectivity index (χ4v) is 5.87. The summed E-state index contributed by atoms with van der Waals surface area (Å²) in [5.74, 6) is -0.343. The molecule has 8 heteroatoms. The maximum absolute atomic E-state index is 12.7. The number of nitrogens with zero attached hydrogens (tertiary/aromatic N) is 3. The summed E-state index contributed by atoms with van der Waals surface area (Å²) in [6.07, 6.45) is 3.66. The lowest BCUT2D eigenvalue weighted by molar-refractivity contribution is -0.142. The van der Waals surface area contributed by atoms with E-state index in [1.165, 1.54) is 9.21 Å². The van der Waals surface area contributed by atoms with Crippen LogP contribution in [0, 0.1) is 11.8 Å². The van der Waals surface area contributed by atoms with Crippen LogP contribution in [-0.2, 0) is 19.6 Å². The average molecular weight is 391 g/mol. The Morgan fingerprint density at radius 1 is 0.852 bits per heavy atom. The average Bonchev–Trinajstić information content (AvgIpc) is 2.94. The number of carbonyl (C=O) groups excluding carboxylic acids is 2. The first-order chi connectivity index (χ1) is 13.0.